The molecule has 3 rings (SSSR count). The second-order valence-corrected chi connectivity index (χ2v) is 7.30. The van der Waals surface area contributed by atoms with Gasteiger partial charge in [0.25, 0.3) is 0 Å². The molecule has 0 aliphatic carbocycles. The second-order valence-electron chi connectivity index (χ2n) is 7.30. The first kappa shape index (κ1) is 21.4. The summed E-state index contributed by atoms with van der Waals surface area (Å²) < 4.78 is 12.2. The molecule has 0 bridgehead atoms. The predicted molar refractivity (Wildman–Crippen MR) is 115 cm³/mol. The lowest BCUT2D eigenvalue weighted by Crippen LogP contribution is -2.45. The van der Waals surface area contributed by atoms with Gasteiger partial charge in [-0.1, -0.05) is 12.1 Å². The van der Waals surface area contributed by atoms with Gasteiger partial charge < -0.3 is 24.9 Å². The lowest BCUT2D eigenvalue weighted by molar-refractivity contribution is 0.0616. The number of hydrogen-bond acceptors (Lipinski definition) is 5. The van der Waals surface area contributed by atoms with Crippen LogP contribution < -0.4 is 15.4 Å². The summed E-state index contributed by atoms with van der Waals surface area (Å²) in [6.45, 7) is 3.18. The van der Waals surface area contributed by atoms with Crippen molar-refractivity contribution in [1.29, 1.82) is 0 Å². The van der Waals surface area contributed by atoms with Crippen LogP contribution in [0.4, 0.5) is 0 Å². The topological polar surface area (TPSA) is 96.8 Å². The molecule has 8 nitrogen and oxygen atoms in total. The first-order valence-electron chi connectivity index (χ1n) is 9.85. The number of aliphatic imine (C=N–C) groups is 1. The molecule has 0 saturated carbocycles. The Bertz CT molecular complexity index is 930. The molecule has 160 valence electrons. The highest BCUT2D eigenvalue weighted by Gasteiger charge is 2.25. The second kappa shape index (κ2) is 9.98. The van der Waals surface area contributed by atoms with Gasteiger partial charge in [0.05, 0.1) is 32.7 Å². The van der Waals surface area contributed by atoms with Crippen LogP contribution >= 0.6 is 0 Å². The highest BCUT2D eigenvalue weighted by Crippen LogP contribution is 2.18. The Morgan fingerprint density at radius 1 is 1.27 bits per heavy atom. The SMILES string of the molecule is COc1ccc(CN=C(NCCc2ccco2)NCC(C)(O)c2cnn(C)c2)cc1. The van der Waals surface area contributed by atoms with Crippen LogP contribution in [0.25, 0.3) is 0 Å². The molecule has 3 N–H and O–H groups in total. The van der Waals surface area contributed by atoms with Crippen LogP contribution in [0.3, 0.4) is 0 Å². The third-order valence-electron chi connectivity index (χ3n) is 4.75. The van der Waals surface area contributed by atoms with E-state index in [1.807, 2.05) is 43.4 Å². The minimum atomic E-state index is -1.09. The van der Waals surface area contributed by atoms with Crippen molar-refractivity contribution >= 4 is 5.96 Å². The Kier molecular flexibility index (Phi) is 7.13. The maximum Gasteiger partial charge on any atom is 0.191 e. The van der Waals surface area contributed by atoms with Crippen molar-refractivity contribution in [1.82, 2.24) is 20.4 Å². The van der Waals surface area contributed by atoms with Crippen molar-refractivity contribution in [2.45, 2.75) is 25.5 Å². The third kappa shape index (κ3) is 6.12. The van der Waals surface area contributed by atoms with Gasteiger partial charge in [-0.15, -0.1) is 0 Å². The number of guanidine groups is 1. The number of rotatable bonds is 9. The average molecular weight is 412 g/mol. The summed E-state index contributed by atoms with van der Waals surface area (Å²) in [4.78, 5) is 4.66. The Hall–Kier alpha value is -3.26. The number of hydrogen-bond donors (Lipinski definition) is 3. The van der Waals surface area contributed by atoms with E-state index >= 15 is 0 Å². The van der Waals surface area contributed by atoms with E-state index in [4.69, 9.17) is 9.15 Å². The zero-order valence-corrected chi connectivity index (χ0v) is 17.6. The quantitative estimate of drug-likeness (QED) is 0.369. The fourth-order valence-electron chi connectivity index (χ4n) is 2.89. The number of furan rings is 1. The summed E-state index contributed by atoms with van der Waals surface area (Å²) in [5.74, 6) is 2.33. The van der Waals surface area contributed by atoms with Crippen molar-refractivity contribution in [3.05, 3.63) is 71.9 Å². The minimum absolute atomic E-state index is 0.286. The van der Waals surface area contributed by atoms with Crippen LogP contribution in [-0.4, -0.2) is 41.0 Å². The lowest BCUT2D eigenvalue weighted by atomic mass is 10.00. The first-order chi connectivity index (χ1) is 14.5. The van der Waals surface area contributed by atoms with E-state index in [-0.39, 0.29) is 6.54 Å². The zero-order chi connectivity index (χ0) is 21.4. The van der Waals surface area contributed by atoms with Crippen molar-refractivity contribution in [3.8, 4) is 5.75 Å². The molecular formula is C22H29N5O3. The highest BCUT2D eigenvalue weighted by molar-refractivity contribution is 5.79. The summed E-state index contributed by atoms with van der Waals surface area (Å²) >= 11 is 0. The van der Waals surface area contributed by atoms with Gasteiger partial charge in [-0.2, -0.15) is 5.10 Å². The summed E-state index contributed by atoms with van der Waals surface area (Å²) in [7, 11) is 3.47. The van der Waals surface area contributed by atoms with Gasteiger partial charge in [0.15, 0.2) is 5.96 Å². The van der Waals surface area contributed by atoms with Crippen molar-refractivity contribution in [2.75, 3.05) is 20.2 Å². The van der Waals surface area contributed by atoms with Crippen molar-refractivity contribution in [2.24, 2.45) is 12.0 Å². The van der Waals surface area contributed by atoms with Gasteiger partial charge in [0, 0.05) is 31.8 Å². The Labute approximate surface area is 176 Å². The maximum absolute atomic E-state index is 10.8. The highest BCUT2D eigenvalue weighted by atomic mass is 16.5. The number of nitrogens with zero attached hydrogens (tertiary/aromatic N) is 3. The number of benzene rings is 1. The van der Waals surface area contributed by atoms with Gasteiger partial charge in [0.2, 0.25) is 0 Å². The fourth-order valence-corrected chi connectivity index (χ4v) is 2.89. The van der Waals surface area contributed by atoms with Crippen LogP contribution in [0.5, 0.6) is 5.75 Å². The molecule has 2 heterocycles. The summed E-state index contributed by atoms with van der Waals surface area (Å²) in [5.41, 5.74) is 0.710. The number of ether oxygens (including phenoxy) is 1. The molecule has 2 aromatic heterocycles. The molecule has 1 aromatic carbocycles. The summed E-state index contributed by atoms with van der Waals surface area (Å²) in [5, 5.41) is 21.5. The molecule has 0 radical (unpaired) electrons. The molecule has 8 heteroatoms. The smallest absolute Gasteiger partial charge is 0.191 e. The molecule has 1 atom stereocenters. The molecule has 0 amide bonds. The van der Waals surface area contributed by atoms with Crippen LogP contribution in [-0.2, 0) is 25.6 Å². The van der Waals surface area contributed by atoms with E-state index in [0.29, 0.717) is 19.0 Å². The van der Waals surface area contributed by atoms with Crippen LogP contribution in [0.1, 0.15) is 23.8 Å². The number of aromatic nitrogens is 2. The number of nitrogens with one attached hydrogen (secondary N) is 2. The molecule has 1 unspecified atom stereocenters. The van der Waals surface area contributed by atoms with E-state index in [9.17, 15) is 5.11 Å². The third-order valence-corrected chi connectivity index (χ3v) is 4.75. The molecule has 0 spiro atoms. The van der Waals surface area contributed by atoms with Gasteiger partial charge in [-0.3, -0.25) is 4.68 Å². The molecular weight excluding hydrogens is 382 g/mol. The Balaban J connectivity index is 1.64. The molecule has 30 heavy (non-hydrogen) atoms. The van der Waals surface area contributed by atoms with Gasteiger partial charge in [-0.05, 0) is 36.8 Å². The van der Waals surface area contributed by atoms with Crippen molar-refractivity contribution in [3.63, 3.8) is 0 Å². The van der Waals surface area contributed by atoms with E-state index in [1.54, 1.807) is 37.4 Å². The summed E-state index contributed by atoms with van der Waals surface area (Å²) in [6.07, 6.45) is 5.87. The summed E-state index contributed by atoms with van der Waals surface area (Å²) in [6, 6.07) is 11.6. The first-order valence-corrected chi connectivity index (χ1v) is 9.85. The number of aryl methyl sites for hydroxylation is 1. The predicted octanol–water partition coefficient (Wildman–Crippen LogP) is 2.21. The molecule has 0 fully saturated rings. The monoisotopic (exact) mass is 411 g/mol. The van der Waals surface area contributed by atoms with E-state index in [2.05, 4.69) is 20.7 Å². The largest absolute Gasteiger partial charge is 0.497 e. The van der Waals surface area contributed by atoms with E-state index < -0.39 is 5.60 Å². The molecule has 0 saturated heterocycles. The van der Waals surface area contributed by atoms with E-state index in [0.717, 1.165) is 29.1 Å². The Morgan fingerprint density at radius 3 is 2.70 bits per heavy atom. The zero-order valence-electron chi connectivity index (χ0n) is 17.6. The van der Waals surface area contributed by atoms with Gasteiger partial charge in [0.1, 0.15) is 17.1 Å². The maximum atomic E-state index is 10.8. The average Bonchev–Trinajstić information content (AvgIpc) is 3.42. The molecule has 3 aromatic rings. The molecule has 0 aliphatic heterocycles. The standard InChI is InChI=1S/C22H29N5O3/c1-22(28,18-14-26-27(2)15-18)16-25-21(23-11-10-20-5-4-12-30-20)24-13-17-6-8-19(29-3)9-7-17/h4-9,12,14-15,28H,10-11,13,16H2,1-3H3,(H2,23,24,25). The normalized spacial score (nSPS) is 13.7. The van der Waals surface area contributed by atoms with Crippen molar-refractivity contribution < 1.29 is 14.3 Å². The minimum Gasteiger partial charge on any atom is -0.497 e. The number of methoxy groups -OCH3 is 1. The van der Waals surface area contributed by atoms with Gasteiger partial charge >= 0.3 is 0 Å². The van der Waals surface area contributed by atoms with E-state index in [1.165, 1.54) is 0 Å². The fraction of sp³-hybridized carbons (Fsp3) is 0.364. The van der Waals surface area contributed by atoms with Crippen LogP contribution in [0.2, 0.25) is 0 Å². The lowest BCUT2D eigenvalue weighted by Gasteiger charge is -2.24. The number of aliphatic hydroxyl groups is 1. The molecule has 0 aliphatic rings. The Morgan fingerprint density at radius 2 is 2.07 bits per heavy atom. The van der Waals surface area contributed by atoms with Crippen LogP contribution in [0.15, 0.2) is 64.5 Å². The van der Waals surface area contributed by atoms with Crippen LogP contribution in [0, 0.1) is 0 Å². The van der Waals surface area contributed by atoms with Gasteiger partial charge in [-0.25, -0.2) is 4.99 Å².